The second kappa shape index (κ2) is 6.59. The van der Waals surface area contributed by atoms with Gasteiger partial charge in [-0.25, -0.2) is 0 Å². The van der Waals surface area contributed by atoms with Gasteiger partial charge in [-0.1, -0.05) is 19.9 Å². The summed E-state index contributed by atoms with van der Waals surface area (Å²) in [7, 11) is 0. The summed E-state index contributed by atoms with van der Waals surface area (Å²) >= 11 is 2.30. The molecule has 0 spiro atoms. The molecule has 0 saturated carbocycles. The predicted molar refractivity (Wildman–Crippen MR) is 84.0 cm³/mol. The lowest BCUT2D eigenvalue weighted by Gasteiger charge is -2.28. The van der Waals surface area contributed by atoms with Crippen LogP contribution in [-0.4, -0.2) is 17.5 Å². The summed E-state index contributed by atoms with van der Waals surface area (Å²) < 4.78 is 1.15. The first-order valence-corrected chi connectivity index (χ1v) is 7.26. The Kier molecular flexibility index (Phi) is 5.73. The largest absolute Gasteiger partial charge is 0.398 e. The van der Waals surface area contributed by atoms with Crippen LogP contribution >= 0.6 is 22.6 Å². The normalized spacial score (nSPS) is 11.8. The minimum absolute atomic E-state index is 0.576. The SMILES string of the molecule is CC(C)CN(Cc1ccc(N)c(I)c1)C(C)C. The molecule has 0 fully saturated rings. The molecular formula is C14H23IN2. The molecule has 1 rings (SSSR count). The average Bonchev–Trinajstić information content (AvgIpc) is 2.21. The molecule has 2 N–H and O–H groups in total. The molecule has 0 atom stereocenters. The van der Waals surface area contributed by atoms with Gasteiger partial charge in [-0.2, -0.15) is 0 Å². The summed E-state index contributed by atoms with van der Waals surface area (Å²) in [6.45, 7) is 11.2. The fourth-order valence-corrected chi connectivity index (χ4v) is 2.41. The van der Waals surface area contributed by atoms with Crippen molar-refractivity contribution in [2.24, 2.45) is 5.92 Å². The van der Waals surface area contributed by atoms with Crippen molar-refractivity contribution < 1.29 is 0 Å². The van der Waals surface area contributed by atoms with Gasteiger partial charge in [-0.15, -0.1) is 0 Å². The van der Waals surface area contributed by atoms with Gasteiger partial charge >= 0.3 is 0 Å². The van der Waals surface area contributed by atoms with Gasteiger partial charge < -0.3 is 5.73 Å². The number of halogens is 1. The zero-order valence-electron chi connectivity index (χ0n) is 11.2. The lowest BCUT2D eigenvalue weighted by Crippen LogP contribution is -2.33. The minimum atomic E-state index is 0.576. The molecule has 0 aliphatic carbocycles. The van der Waals surface area contributed by atoms with Crippen molar-refractivity contribution in [3.05, 3.63) is 27.3 Å². The number of anilines is 1. The van der Waals surface area contributed by atoms with E-state index < -0.39 is 0 Å². The van der Waals surface area contributed by atoms with E-state index in [1.54, 1.807) is 0 Å². The van der Waals surface area contributed by atoms with Crippen molar-refractivity contribution >= 4 is 28.3 Å². The predicted octanol–water partition coefficient (Wildman–Crippen LogP) is 3.74. The van der Waals surface area contributed by atoms with Gasteiger partial charge in [-0.3, -0.25) is 4.90 Å². The maximum absolute atomic E-state index is 5.84. The number of nitrogen functional groups attached to an aromatic ring is 1. The van der Waals surface area contributed by atoms with Crippen molar-refractivity contribution in [3.8, 4) is 0 Å². The lowest BCUT2D eigenvalue weighted by molar-refractivity contribution is 0.189. The maximum atomic E-state index is 5.84. The molecule has 1 aromatic rings. The summed E-state index contributed by atoms with van der Waals surface area (Å²) in [5.41, 5.74) is 8.05. The first-order valence-electron chi connectivity index (χ1n) is 6.18. The molecule has 0 heterocycles. The van der Waals surface area contributed by atoms with Gasteiger partial charge in [0, 0.05) is 28.4 Å². The van der Waals surface area contributed by atoms with Gasteiger partial charge in [0.1, 0.15) is 0 Å². The van der Waals surface area contributed by atoms with Crippen LogP contribution in [0, 0.1) is 9.49 Å². The summed E-state index contributed by atoms with van der Waals surface area (Å²) in [6, 6.07) is 6.90. The molecule has 2 nitrogen and oxygen atoms in total. The lowest BCUT2D eigenvalue weighted by atomic mass is 10.1. The van der Waals surface area contributed by atoms with Gasteiger partial charge in [-0.05, 0) is 60.1 Å². The number of hydrogen-bond acceptors (Lipinski definition) is 2. The standard InChI is InChI=1S/C14H23IN2/c1-10(2)8-17(11(3)4)9-12-5-6-14(16)13(15)7-12/h5-7,10-11H,8-9,16H2,1-4H3. The number of hydrogen-bond donors (Lipinski definition) is 1. The zero-order valence-corrected chi connectivity index (χ0v) is 13.4. The van der Waals surface area contributed by atoms with E-state index in [0.29, 0.717) is 12.0 Å². The van der Waals surface area contributed by atoms with Gasteiger partial charge in [0.25, 0.3) is 0 Å². The maximum Gasteiger partial charge on any atom is 0.0449 e. The van der Waals surface area contributed by atoms with Crippen LogP contribution in [-0.2, 0) is 6.54 Å². The highest BCUT2D eigenvalue weighted by Crippen LogP contribution is 2.18. The molecule has 0 bridgehead atoms. The Bertz CT molecular complexity index is 361. The Balaban J connectivity index is 2.75. The third-order valence-corrected chi connectivity index (χ3v) is 3.71. The summed E-state index contributed by atoms with van der Waals surface area (Å²) in [5.74, 6) is 0.699. The average molecular weight is 346 g/mol. The number of rotatable bonds is 5. The molecule has 0 saturated heterocycles. The van der Waals surface area contributed by atoms with Crippen LogP contribution in [0.5, 0.6) is 0 Å². The van der Waals surface area contributed by atoms with E-state index in [9.17, 15) is 0 Å². The summed E-state index contributed by atoms with van der Waals surface area (Å²) in [5, 5.41) is 0. The van der Waals surface area contributed by atoms with E-state index in [2.05, 4.69) is 67.3 Å². The van der Waals surface area contributed by atoms with Gasteiger partial charge in [0.2, 0.25) is 0 Å². The number of nitrogens with two attached hydrogens (primary N) is 1. The Morgan fingerprint density at radius 1 is 1.24 bits per heavy atom. The van der Waals surface area contributed by atoms with Crippen molar-refractivity contribution in [1.82, 2.24) is 4.90 Å². The van der Waals surface area contributed by atoms with E-state index in [1.807, 2.05) is 6.07 Å². The highest BCUT2D eigenvalue weighted by Gasteiger charge is 2.12. The van der Waals surface area contributed by atoms with Crippen LogP contribution in [0.4, 0.5) is 5.69 Å². The fraction of sp³-hybridized carbons (Fsp3) is 0.571. The van der Waals surface area contributed by atoms with Crippen molar-refractivity contribution in [1.29, 1.82) is 0 Å². The highest BCUT2D eigenvalue weighted by atomic mass is 127. The Labute approximate surface area is 119 Å². The monoisotopic (exact) mass is 346 g/mol. The molecule has 0 unspecified atom stereocenters. The molecule has 0 amide bonds. The van der Waals surface area contributed by atoms with Crippen molar-refractivity contribution in [2.45, 2.75) is 40.3 Å². The van der Waals surface area contributed by atoms with Crippen LogP contribution in [0.25, 0.3) is 0 Å². The molecule has 3 heteroatoms. The Morgan fingerprint density at radius 2 is 1.88 bits per heavy atom. The third kappa shape index (κ3) is 4.84. The van der Waals surface area contributed by atoms with E-state index in [-0.39, 0.29) is 0 Å². The molecule has 0 aliphatic rings. The van der Waals surface area contributed by atoms with Gasteiger partial charge in [0.05, 0.1) is 0 Å². The fourth-order valence-electron chi connectivity index (χ4n) is 1.83. The van der Waals surface area contributed by atoms with Crippen LogP contribution in [0.3, 0.4) is 0 Å². The van der Waals surface area contributed by atoms with Gasteiger partial charge in [0.15, 0.2) is 0 Å². The minimum Gasteiger partial charge on any atom is -0.398 e. The van der Waals surface area contributed by atoms with E-state index >= 15 is 0 Å². The molecular weight excluding hydrogens is 323 g/mol. The van der Waals surface area contributed by atoms with Crippen molar-refractivity contribution in [3.63, 3.8) is 0 Å². The Hall–Kier alpha value is -0.290. The molecule has 0 aromatic heterocycles. The van der Waals surface area contributed by atoms with Crippen LogP contribution < -0.4 is 5.73 Å². The third-order valence-electron chi connectivity index (χ3n) is 2.78. The highest BCUT2D eigenvalue weighted by molar-refractivity contribution is 14.1. The van der Waals surface area contributed by atoms with Crippen molar-refractivity contribution in [2.75, 3.05) is 12.3 Å². The second-order valence-corrected chi connectivity index (χ2v) is 6.44. The smallest absolute Gasteiger partial charge is 0.0449 e. The molecule has 0 aliphatic heterocycles. The van der Waals surface area contributed by atoms with E-state index in [0.717, 1.165) is 22.3 Å². The quantitative estimate of drug-likeness (QED) is 0.650. The molecule has 17 heavy (non-hydrogen) atoms. The zero-order chi connectivity index (χ0) is 13.0. The Morgan fingerprint density at radius 3 is 2.35 bits per heavy atom. The molecule has 0 radical (unpaired) electrons. The topological polar surface area (TPSA) is 29.3 Å². The van der Waals surface area contributed by atoms with Crippen LogP contribution in [0.1, 0.15) is 33.3 Å². The van der Waals surface area contributed by atoms with Crippen LogP contribution in [0.2, 0.25) is 0 Å². The van der Waals surface area contributed by atoms with E-state index in [4.69, 9.17) is 5.73 Å². The van der Waals surface area contributed by atoms with Crippen LogP contribution in [0.15, 0.2) is 18.2 Å². The first-order chi connectivity index (χ1) is 7.90. The number of benzene rings is 1. The summed E-state index contributed by atoms with van der Waals surface area (Å²) in [6.07, 6.45) is 0. The number of nitrogens with zero attached hydrogens (tertiary/aromatic N) is 1. The van der Waals surface area contributed by atoms with E-state index in [1.165, 1.54) is 5.56 Å². The second-order valence-electron chi connectivity index (χ2n) is 5.27. The first kappa shape index (κ1) is 14.8. The molecule has 96 valence electrons. The summed E-state index contributed by atoms with van der Waals surface area (Å²) in [4.78, 5) is 2.51. The molecule has 1 aromatic carbocycles.